The molecule has 0 bridgehead atoms. The van der Waals surface area contributed by atoms with E-state index in [0.29, 0.717) is 27.6 Å². The smallest absolute Gasteiger partial charge is 0.335 e. The van der Waals surface area contributed by atoms with E-state index in [4.69, 9.17) is 21.1 Å². The normalized spacial score (nSPS) is 10.3. The number of carbonyl (C=O) groups is 1. The average molecular weight is 307 g/mol. The minimum absolute atomic E-state index is 0.251. The van der Waals surface area contributed by atoms with Gasteiger partial charge in [0, 0.05) is 5.56 Å². The summed E-state index contributed by atoms with van der Waals surface area (Å²) in [7, 11) is 3.03. The number of aryl methyl sites for hydroxylation is 1. The second kappa shape index (κ2) is 6.06. The molecule has 5 heteroatoms. The van der Waals surface area contributed by atoms with Crippen LogP contribution in [-0.4, -0.2) is 25.3 Å². The van der Waals surface area contributed by atoms with Crippen LogP contribution < -0.4 is 9.47 Å². The van der Waals surface area contributed by atoms with E-state index in [1.165, 1.54) is 14.2 Å². The van der Waals surface area contributed by atoms with Crippen molar-refractivity contribution in [1.29, 1.82) is 0 Å². The predicted octanol–water partition coefficient (Wildman–Crippen LogP) is 4.03. The summed E-state index contributed by atoms with van der Waals surface area (Å²) in [5.41, 5.74) is 2.39. The SMILES string of the molecule is COc1ccc(-c2ccc(C)c(C(=O)O)c2)c(OC)c1Cl. The van der Waals surface area contributed by atoms with Gasteiger partial charge in [0.25, 0.3) is 0 Å². The molecule has 21 heavy (non-hydrogen) atoms. The first-order valence-electron chi connectivity index (χ1n) is 6.24. The van der Waals surface area contributed by atoms with Crippen LogP contribution in [-0.2, 0) is 0 Å². The Balaban J connectivity index is 2.64. The van der Waals surface area contributed by atoms with Gasteiger partial charge in [-0.05, 0) is 36.2 Å². The standard InChI is InChI=1S/C16H15ClO4/c1-9-4-5-10(8-12(9)16(18)19)11-6-7-13(20-2)14(17)15(11)21-3/h4-8H,1-3H3,(H,18,19). The fraction of sp³-hybridized carbons (Fsp3) is 0.188. The van der Waals surface area contributed by atoms with Crippen molar-refractivity contribution in [3.05, 3.63) is 46.5 Å². The molecule has 0 fully saturated rings. The molecule has 0 aliphatic rings. The summed E-state index contributed by atoms with van der Waals surface area (Å²) < 4.78 is 10.5. The van der Waals surface area contributed by atoms with E-state index < -0.39 is 5.97 Å². The predicted molar refractivity (Wildman–Crippen MR) is 81.7 cm³/mol. The summed E-state index contributed by atoms with van der Waals surface area (Å²) in [6.45, 7) is 1.76. The lowest BCUT2D eigenvalue weighted by molar-refractivity contribution is 0.0696. The van der Waals surface area contributed by atoms with Crippen LogP contribution in [0.25, 0.3) is 11.1 Å². The molecule has 0 aliphatic heterocycles. The Labute approximate surface area is 127 Å². The third-order valence-electron chi connectivity index (χ3n) is 3.26. The number of halogens is 1. The molecule has 0 spiro atoms. The van der Waals surface area contributed by atoms with Gasteiger partial charge in [0.1, 0.15) is 16.5 Å². The fourth-order valence-electron chi connectivity index (χ4n) is 2.14. The topological polar surface area (TPSA) is 55.8 Å². The van der Waals surface area contributed by atoms with Gasteiger partial charge < -0.3 is 14.6 Å². The first-order valence-corrected chi connectivity index (χ1v) is 6.62. The lowest BCUT2D eigenvalue weighted by Crippen LogP contribution is -2.00. The minimum atomic E-state index is -0.965. The molecule has 2 aromatic carbocycles. The zero-order chi connectivity index (χ0) is 15.6. The zero-order valence-corrected chi connectivity index (χ0v) is 12.7. The summed E-state index contributed by atoms with van der Waals surface area (Å²) in [4.78, 5) is 11.2. The molecule has 0 saturated heterocycles. The molecule has 0 unspecified atom stereocenters. The Kier molecular flexibility index (Phi) is 4.38. The van der Waals surface area contributed by atoms with Crippen LogP contribution in [0, 0.1) is 6.92 Å². The second-order valence-corrected chi connectivity index (χ2v) is 4.88. The van der Waals surface area contributed by atoms with Gasteiger partial charge in [0.2, 0.25) is 0 Å². The highest BCUT2D eigenvalue weighted by atomic mass is 35.5. The van der Waals surface area contributed by atoms with Crippen molar-refractivity contribution in [3.63, 3.8) is 0 Å². The minimum Gasteiger partial charge on any atom is -0.495 e. The van der Waals surface area contributed by atoms with Crippen LogP contribution in [0.15, 0.2) is 30.3 Å². The molecule has 0 heterocycles. The summed E-state index contributed by atoms with van der Waals surface area (Å²) in [5, 5.41) is 9.58. The van der Waals surface area contributed by atoms with Gasteiger partial charge in [0.05, 0.1) is 19.8 Å². The van der Waals surface area contributed by atoms with Gasteiger partial charge in [-0.1, -0.05) is 23.7 Å². The maximum absolute atomic E-state index is 11.2. The Morgan fingerprint density at radius 2 is 1.86 bits per heavy atom. The maximum Gasteiger partial charge on any atom is 0.335 e. The van der Waals surface area contributed by atoms with Crippen molar-refractivity contribution in [2.75, 3.05) is 14.2 Å². The highest BCUT2D eigenvalue weighted by molar-refractivity contribution is 6.34. The van der Waals surface area contributed by atoms with Gasteiger partial charge in [-0.2, -0.15) is 0 Å². The molecule has 0 amide bonds. The molecule has 4 nitrogen and oxygen atoms in total. The van der Waals surface area contributed by atoms with Gasteiger partial charge in [-0.15, -0.1) is 0 Å². The summed E-state index contributed by atoms with van der Waals surface area (Å²) in [6.07, 6.45) is 0. The van der Waals surface area contributed by atoms with E-state index in [9.17, 15) is 9.90 Å². The largest absolute Gasteiger partial charge is 0.495 e. The molecule has 0 aromatic heterocycles. The lowest BCUT2D eigenvalue weighted by Gasteiger charge is -2.14. The number of hydrogen-bond donors (Lipinski definition) is 1. The highest BCUT2D eigenvalue weighted by Gasteiger charge is 2.16. The van der Waals surface area contributed by atoms with E-state index in [1.54, 1.807) is 31.2 Å². The molecular formula is C16H15ClO4. The van der Waals surface area contributed by atoms with Crippen molar-refractivity contribution < 1.29 is 19.4 Å². The van der Waals surface area contributed by atoms with Crippen molar-refractivity contribution >= 4 is 17.6 Å². The van der Waals surface area contributed by atoms with Crippen LogP contribution in [0.5, 0.6) is 11.5 Å². The van der Waals surface area contributed by atoms with E-state index in [0.717, 1.165) is 5.56 Å². The monoisotopic (exact) mass is 306 g/mol. The van der Waals surface area contributed by atoms with Gasteiger partial charge in [-0.3, -0.25) is 0 Å². The van der Waals surface area contributed by atoms with Crippen LogP contribution in [0.1, 0.15) is 15.9 Å². The molecule has 0 atom stereocenters. The van der Waals surface area contributed by atoms with Crippen molar-refractivity contribution in [2.24, 2.45) is 0 Å². The lowest BCUT2D eigenvalue weighted by atomic mass is 9.99. The molecule has 110 valence electrons. The number of aromatic carboxylic acids is 1. The summed E-state index contributed by atoms with van der Waals surface area (Å²) in [6, 6.07) is 8.72. The Hall–Kier alpha value is -2.20. The highest BCUT2D eigenvalue weighted by Crippen LogP contribution is 2.42. The number of carboxylic acids is 1. The number of carboxylic acid groups (broad SMARTS) is 1. The van der Waals surface area contributed by atoms with E-state index in [1.807, 2.05) is 6.07 Å². The average Bonchev–Trinajstić information content (AvgIpc) is 2.47. The van der Waals surface area contributed by atoms with Gasteiger partial charge in [0.15, 0.2) is 0 Å². The van der Waals surface area contributed by atoms with Crippen LogP contribution in [0.4, 0.5) is 0 Å². The first-order chi connectivity index (χ1) is 9.99. The molecule has 0 saturated carbocycles. The molecule has 0 radical (unpaired) electrons. The Bertz CT molecular complexity index is 695. The van der Waals surface area contributed by atoms with Gasteiger partial charge >= 0.3 is 5.97 Å². The van der Waals surface area contributed by atoms with E-state index >= 15 is 0 Å². The zero-order valence-electron chi connectivity index (χ0n) is 11.9. The van der Waals surface area contributed by atoms with Crippen LogP contribution in [0.3, 0.4) is 0 Å². The van der Waals surface area contributed by atoms with Crippen molar-refractivity contribution in [2.45, 2.75) is 6.92 Å². The number of ether oxygens (including phenoxy) is 2. The number of hydrogen-bond acceptors (Lipinski definition) is 3. The van der Waals surface area contributed by atoms with Crippen LogP contribution in [0.2, 0.25) is 5.02 Å². The van der Waals surface area contributed by atoms with E-state index in [-0.39, 0.29) is 5.56 Å². The second-order valence-electron chi connectivity index (χ2n) is 4.50. The van der Waals surface area contributed by atoms with Crippen molar-refractivity contribution in [3.8, 4) is 22.6 Å². The first kappa shape index (κ1) is 15.2. The molecule has 0 aliphatic carbocycles. The number of methoxy groups -OCH3 is 2. The molecular weight excluding hydrogens is 292 g/mol. The molecule has 2 aromatic rings. The van der Waals surface area contributed by atoms with E-state index in [2.05, 4.69) is 0 Å². The Morgan fingerprint density at radius 1 is 1.14 bits per heavy atom. The summed E-state index contributed by atoms with van der Waals surface area (Å²) >= 11 is 6.23. The fourth-order valence-corrected chi connectivity index (χ4v) is 2.46. The van der Waals surface area contributed by atoms with Crippen LogP contribution >= 0.6 is 11.6 Å². The Morgan fingerprint density at radius 3 is 2.43 bits per heavy atom. The maximum atomic E-state index is 11.2. The van der Waals surface area contributed by atoms with Crippen molar-refractivity contribution in [1.82, 2.24) is 0 Å². The quantitative estimate of drug-likeness (QED) is 0.926. The molecule has 2 rings (SSSR count). The molecule has 1 N–H and O–H groups in total. The number of rotatable bonds is 4. The third kappa shape index (κ3) is 2.81. The third-order valence-corrected chi connectivity index (χ3v) is 3.62. The number of benzene rings is 2. The van der Waals surface area contributed by atoms with Gasteiger partial charge in [-0.25, -0.2) is 4.79 Å². The summed E-state index contributed by atoms with van der Waals surface area (Å²) in [5.74, 6) is -0.00743.